The number of esters is 1. The van der Waals surface area contributed by atoms with E-state index in [4.69, 9.17) is 27.5 Å². The molecule has 0 bridgehead atoms. The highest BCUT2D eigenvalue weighted by Crippen LogP contribution is 2.22. The second kappa shape index (κ2) is 11.0. The van der Waals surface area contributed by atoms with Gasteiger partial charge in [0.05, 0.1) is 13.2 Å². The highest BCUT2D eigenvalue weighted by Gasteiger charge is 2.41. The van der Waals surface area contributed by atoms with E-state index >= 15 is 0 Å². The Hall–Kier alpha value is -0.773. The van der Waals surface area contributed by atoms with Crippen molar-refractivity contribution in [1.82, 2.24) is 0 Å². The Kier molecular flexibility index (Phi) is 9.71. The lowest BCUT2D eigenvalue weighted by molar-refractivity contribution is -0.176. The average molecular weight is 362 g/mol. The summed E-state index contributed by atoms with van der Waals surface area (Å²) in [7, 11) is -2.80. The van der Waals surface area contributed by atoms with Crippen LogP contribution in [0.15, 0.2) is 12.2 Å². The van der Waals surface area contributed by atoms with E-state index in [1.165, 1.54) is 0 Å². The lowest BCUT2D eigenvalue weighted by Crippen LogP contribution is -2.46. The van der Waals surface area contributed by atoms with Gasteiger partial charge in [-0.2, -0.15) is 0 Å². The van der Waals surface area contributed by atoms with Crippen LogP contribution in [0.2, 0.25) is 6.04 Å². The molecule has 0 N–H and O–H groups in total. The van der Waals surface area contributed by atoms with Crippen molar-refractivity contribution in [2.75, 3.05) is 33.0 Å². The summed E-state index contributed by atoms with van der Waals surface area (Å²) in [6.45, 7) is 13.5. The van der Waals surface area contributed by atoms with E-state index in [1.54, 1.807) is 6.92 Å². The summed E-state index contributed by atoms with van der Waals surface area (Å²) in [6.07, 6.45) is -0.187. The van der Waals surface area contributed by atoms with Gasteiger partial charge in [0.1, 0.15) is 6.10 Å². The molecule has 2 unspecified atom stereocenters. The molecule has 0 aromatic rings. The molecule has 0 aromatic heterocycles. The molecule has 140 valence electrons. The van der Waals surface area contributed by atoms with Crippen molar-refractivity contribution in [3.63, 3.8) is 0 Å². The second-order valence-electron chi connectivity index (χ2n) is 5.42. The van der Waals surface area contributed by atoms with Gasteiger partial charge in [-0.3, -0.25) is 0 Å². The third-order valence-corrected chi connectivity index (χ3v) is 6.32. The molecule has 1 aliphatic rings. The van der Waals surface area contributed by atoms with E-state index in [1.807, 2.05) is 20.8 Å². The van der Waals surface area contributed by atoms with E-state index in [-0.39, 0.29) is 6.10 Å². The first-order chi connectivity index (χ1) is 11.5. The zero-order chi connectivity index (χ0) is 18.0. The monoisotopic (exact) mass is 362 g/mol. The Morgan fingerprint density at radius 1 is 1.21 bits per heavy atom. The maximum Gasteiger partial charge on any atom is 0.501 e. The first kappa shape index (κ1) is 21.3. The van der Waals surface area contributed by atoms with Crippen LogP contribution in [0, 0.1) is 0 Å². The Morgan fingerprint density at radius 2 is 1.75 bits per heavy atom. The Bertz CT molecular complexity index is 381. The fraction of sp³-hybridized carbons (Fsp3) is 0.812. The van der Waals surface area contributed by atoms with Crippen molar-refractivity contribution in [2.24, 2.45) is 0 Å². The lowest BCUT2D eigenvalue weighted by atomic mass is 10.3. The van der Waals surface area contributed by atoms with Gasteiger partial charge in [-0.05, 0) is 27.7 Å². The Morgan fingerprint density at radius 3 is 2.17 bits per heavy atom. The molecule has 24 heavy (non-hydrogen) atoms. The van der Waals surface area contributed by atoms with Gasteiger partial charge >= 0.3 is 14.8 Å². The minimum atomic E-state index is -2.80. The minimum Gasteiger partial charge on any atom is -0.432 e. The van der Waals surface area contributed by atoms with Gasteiger partial charge in [-0.15, -0.1) is 0 Å². The van der Waals surface area contributed by atoms with Crippen LogP contribution in [0.3, 0.4) is 0 Å². The van der Waals surface area contributed by atoms with E-state index in [0.29, 0.717) is 51.1 Å². The third kappa shape index (κ3) is 7.87. The van der Waals surface area contributed by atoms with Gasteiger partial charge in [0, 0.05) is 37.9 Å². The molecule has 0 radical (unpaired) electrons. The van der Waals surface area contributed by atoms with Gasteiger partial charge in [0.25, 0.3) is 0 Å². The van der Waals surface area contributed by atoms with Crippen molar-refractivity contribution < 1.29 is 32.3 Å². The summed E-state index contributed by atoms with van der Waals surface area (Å²) in [6, 6.07) is 0.502. The van der Waals surface area contributed by atoms with Crippen LogP contribution in [0.4, 0.5) is 0 Å². The maximum atomic E-state index is 11.8. The molecule has 1 aliphatic heterocycles. The number of ether oxygens (including phenoxy) is 3. The van der Waals surface area contributed by atoms with E-state index < -0.39 is 21.1 Å². The first-order valence-corrected chi connectivity index (χ1v) is 10.4. The van der Waals surface area contributed by atoms with Gasteiger partial charge in [-0.25, -0.2) is 4.79 Å². The summed E-state index contributed by atoms with van der Waals surface area (Å²) in [5.41, 5.74) is 0.328. The molecule has 0 spiro atoms. The molecule has 2 atom stereocenters. The van der Waals surface area contributed by atoms with E-state index in [0.717, 1.165) is 0 Å². The predicted octanol–water partition coefficient (Wildman–Crippen LogP) is 2.29. The van der Waals surface area contributed by atoms with Crippen LogP contribution in [-0.4, -0.2) is 60.2 Å². The van der Waals surface area contributed by atoms with Crippen LogP contribution < -0.4 is 0 Å². The van der Waals surface area contributed by atoms with Crippen LogP contribution in [0.5, 0.6) is 0 Å². The summed E-state index contributed by atoms with van der Waals surface area (Å²) < 4.78 is 33.6. The molecular weight excluding hydrogens is 332 g/mol. The smallest absolute Gasteiger partial charge is 0.432 e. The van der Waals surface area contributed by atoms with E-state index in [9.17, 15) is 4.79 Å². The van der Waals surface area contributed by atoms with Crippen molar-refractivity contribution in [3.05, 3.63) is 12.2 Å². The number of hydrogen-bond acceptors (Lipinski definition) is 7. The quantitative estimate of drug-likeness (QED) is 0.154. The standard InChI is InChI=1S/C16H30O7Si/c1-6-20-24(21-7-2,22-8-3)10-9-15(19-12-14-11-18-14)23-16(17)13(4)5/h14-15H,4,6-12H2,1-3,5H3. The summed E-state index contributed by atoms with van der Waals surface area (Å²) in [4.78, 5) is 11.8. The number of rotatable bonds is 14. The molecule has 0 saturated carbocycles. The second-order valence-corrected chi connectivity index (χ2v) is 8.16. The topological polar surface area (TPSA) is 75.8 Å². The zero-order valence-corrected chi connectivity index (χ0v) is 16.2. The molecule has 1 rings (SSSR count). The summed E-state index contributed by atoms with van der Waals surface area (Å²) >= 11 is 0. The fourth-order valence-corrected chi connectivity index (χ4v) is 4.66. The Labute approximate surface area is 145 Å². The molecule has 1 fully saturated rings. The summed E-state index contributed by atoms with van der Waals surface area (Å²) in [5, 5.41) is 0. The molecule has 1 heterocycles. The molecule has 8 heteroatoms. The van der Waals surface area contributed by atoms with Crippen LogP contribution in [-0.2, 0) is 32.3 Å². The molecule has 7 nitrogen and oxygen atoms in total. The van der Waals surface area contributed by atoms with Gasteiger partial charge < -0.3 is 27.5 Å². The number of carbonyl (C=O) groups excluding carboxylic acids is 1. The molecular formula is C16H30O7Si. The number of hydrogen-bond donors (Lipinski definition) is 0. The van der Waals surface area contributed by atoms with Crippen molar-refractivity contribution >= 4 is 14.8 Å². The van der Waals surface area contributed by atoms with Crippen molar-refractivity contribution in [3.8, 4) is 0 Å². The molecule has 0 aliphatic carbocycles. The highest BCUT2D eigenvalue weighted by atomic mass is 28.4. The molecule has 0 aromatic carbocycles. The van der Waals surface area contributed by atoms with Crippen molar-refractivity contribution in [1.29, 1.82) is 0 Å². The average Bonchev–Trinajstić information content (AvgIpc) is 3.35. The van der Waals surface area contributed by atoms with Crippen LogP contribution in [0.25, 0.3) is 0 Å². The van der Waals surface area contributed by atoms with Gasteiger partial charge in [-0.1, -0.05) is 6.58 Å². The third-order valence-electron chi connectivity index (χ3n) is 3.24. The SMILES string of the molecule is C=C(C)C(=O)OC(CC[Si](OCC)(OCC)OCC)OCC1CO1. The minimum absolute atomic E-state index is 0.0868. The van der Waals surface area contributed by atoms with E-state index in [2.05, 4.69) is 6.58 Å². The fourth-order valence-electron chi connectivity index (χ4n) is 2.07. The summed E-state index contributed by atoms with van der Waals surface area (Å²) in [5.74, 6) is -0.479. The highest BCUT2D eigenvalue weighted by molar-refractivity contribution is 6.60. The maximum absolute atomic E-state index is 11.8. The van der Waals surface area contributed by atoms with Gasteiger partial charge in [0.15, 0.2) is 0 Å². The largest absolute Gasteiger partial charge is 0.501 e. The zero-order valence-electron chi connectivity index (χ0n) is 15.2. The normalized spacial score (nSPS) is 18.2. The molecule has 0 amide bonds. The number of epoxide rings is 1. The first-order valence-electron chi connectivity index (χ1n) is 8.47. The Balaban J connectivity index is 2.65. The number of carbonyl (C=O) groups is 1. The lowest BCUT2D eigenvalue weighted by Gasteiger charge is -2.29. The molecule has 1 saturated heterocycles. The van der Waals surface area contributed by atoms with Crippen LogP contribution >= 0.6 is 0 Å². The van der Waals surface area contributed by atoms with Gasteiger partial charge in [0.2, 0.25) is 6.29 Å². The van der Waals surface area contributed by atoms with Crippen LogP contribution in [0.1, 0.15) is 34.1 Å². The predicted molar refractivity (Wildman–Crippen MR) is 90.4 cm³/mol. The van der Waals surface area contributed by atoms with Crippen molar-refractivity contribution in [2.45, 2.75) is 52.6 Å².